The van der Waals surface area contributed by atoms with Gasteiger partial charge in [-0.1, -0.05) is 80.1 Å². The molecule has 2 aliphatic heterocycles. The Morgan fingerprint density at radius 2 is 1.74 bits per heavy atom. The van der Waals surface area contributed by atoms with Crippen LogP contribution in [0, 0.1) is 23.7 Å². The number of benzene rings is 3. The number of carbonyl (C=O) groups is 2. The summed E-state index contributed by atoms with van der Waals surface area (Å²) in [5, 5.41) is 29.3. The average molecular weight is 577 g/mol. The van der Waals surface area contributed by atoms with Gasteiger partial charge in [0, 0.05) is 5.92 Å². The summed E-state index contributed by atoms with van der Waals surface area (Å²) in [5.74, 6) is -1.21. The fourth-order valence-corrected chi connectivity index (χ4v) is 7.09. The van der Waals surface area contributed by atoms with Crippen molar-refractivity contribution < 1.29 is 29.5 Å². The third-order valence-corrected chi connectivity index (χ3v) is 9.10. The number of phenolic OH excluding ortho intramolecular Hbond substituents is 1. The molecule has 0 bridgehead atoms. The molecule has 8 heteroatoms. The fourth-order valence-electron chi connectivity index (χ4n) is 7.09. The number of fused-ring (bicyclic) bond motifs is 3. The van der Waals surface area contributed by atoms with E-state index in [1.807, 2.05) is 30.3 Å². The molecule has 220 valence electrons. The number of nitrogens with zero attached hydrogens (tertiary/aromatic N) is 1. The van der Waals surface area contributed by atoms with E-state index in [2.05, 4.69) is 32.1 Å². The van der Waals surface area contributed by atoms with Crippen molar-refractivity contribution in [1.29, 1.82) is 0 Å². The summed E-state index contributed by atoms with van der Waals surface area (Å²) in [4.78, 5) is 28.9. The van der Waals surface area contributed by atoms with Crippen LogP contribution in [0.2, 0.25) is 0 Å². The summed E-state index contributed by atoms with van der Waals surface area (Å²) in [6, 6.07) is 23.7. The van der Waals surface area contributed by atoms with E-state index in [1.165, 1.54) is 22.1 Å². The van der Waals surface area contributed by atoms with Crippen molar-refractivity contribution in [3.05, 3.63) is 101 Å². The van der Waals surface area contributed by atoms with Gasteiger partial charge >= 0.3 is 7.12 Å². The number of hydrogen-bond donors (Lipinski definition) is 3. The van der Waals surface area contributed by atoms with E-state index in [-0.39, 0.29) is 41.0 Å². The number of anilines is 1. The topological polar surface area (TPSA) is 107 Å². The van der Waals surface area contributed by atoms with Gasteiger partial charge in [-0.15, -0.1) is 0 Å². The average Bonchev–Trinajstić information content (AvgIpc) is 3.53. The molecular weight excluding hydrogens is 541 g/mol. The van der Waals surface area contributed by atoms with Gasteiger partial charge in [0.25, 0.3) is 0 Å². The number of hydrogen-bond acceptors (Lipinski definition) is 6. The van der Waals surface area contributed by atoms with Crippen LogP contribution in [0.25, 0.3) is 11.6 Å². The number of aromatic hydroxyl groups is 1. The van der Waals surface area contributed by atoms with E-state index < -0.39 is 19.0 Å². The highest BCUT2D eigenvalue weighted by Crippen LogP contribution is 2.52. The first-order valence-electron chi connectivity index (χ1n) is 15.0. The van der Waals surface area contributed by atoms with Crippen LogP contribution in [-0.2, 0) is 14.3 Å². The van der Waals surface area contributed by atoms with Crippen molar-refractivity contribution in [2.75, 3.05) is 11.5 Å². The Bertz CT molecular complexity index is 1600. The molecule has 2 saturated heterocycles. The molecule has 7 nitrogen and oxygen atoms in total. The number of rotatable bonds is 8. The molecular formula is C35H36BNO6. The first-order chi connectivity index (χ1) is 20.7. The summed E-state index contributed by atoms with van der Waals surface area (Å²) in [6.07, 6.45) is 3.91. The van der Waals surface area contributed by atoms with Crippen molar-refractivity contribution in [2.24, 2.45) is 23.7 Å². The molecule has 0 radical (unpaired) electrons. The number of imide groups is 1. The Hall–Kier alpha value is -3.98. The van der Waals surface area contributed by atoms with Gasteiger partial charge in [0.05, 0.1) is 30.2 Å². The predicted molar refractivity (Wildman–Crippen MR) is 167 cm³/mol. The molecule has 3 aromatic carbocycles. The Balaban J connectivity index is 1.29. The zero-order valence-electron chi connectivity index (χ0n) is 24.4. The zero-order chi connectivity index (χ0) is 30.2. The maximum Gasteiger partial charge on any atom is 0.488 e. The van der Waals surface area contributed by atoms with Crippen molar-refractivity contribution in [3.8, 4) is 5.75 Å². The normalized spacial score (nSPS) is 23.7. The second-order valence-corrected chi connectivity index (χ2v) is 12.0. The van der Waals surface area contributed by atoms with Gasteiger partial charge in [0.15, 0.2) is 0 Å². The lowest BCUT2D eigenvalue weighted by Crippen LogP contribution is -2.36. The third-order valence-electron chi connectivity index (χ3n) is 9.10. The lowest BCUT2D eigenvalue weighted by atomic mass is 9.67. The van der Waals surface area contributed by atoms with Gasteiger partial charge in [0.1, 0.15) is 5.75 Å². The zero-order valence-corrected chi connectivity index (χ0v) is 24.4. The summed E-state index contributed by atoms with van der Waals surface area (Å²) >= 11 is 0. The molecule has 3 aliphatic rings. The molecule has 2 amide bonds. The second kappa shape index (κ2) is 12.0. The van der Waals surface area contributed by atoms with Gasteiger partial charge in [-0.05, 0) is 77.2 Å². The minimum absolute atomic E-state index is 0.163. The van der Waals surface area contributed by atoms with E-state index in [0.29, 0.717) is 18.7 Å². The van der Waals surface area contributed by atoms with E-state index in [0.717, 1.165) is 29.5 Å². The van der Waals surface area contributed by atoms with Gasteiger partial charge < -0.3 is 19.9 Å². The van der Waals surface area contributed by atoms with E-state index in [1.54, 1.807) is 30.3 Å². The largest absolute Gasteiger partial charge is 0.508 e. The van der Waals surface area contributed by atoms with Crippen LogP contribution in [0.4, 0.5) is 5.69 Å². The summed E-state index contributed by atoms with van der Waals surface area (Å²) in [5.41, 5.74) is 6.11. The maximum atomic E-state index is 13.9. The predicted octanol–water partition coefficient (Wildman–Crippen LogP) is 4.57. The van der Waals surface area contributed by atoms with Crippen molar-refractivity contribution in [3.63, 3.8) is 0 Å². The Labute approximate surface area is 252 Å². The molecule has 4 atom stereocenters. The summed E-state index contributed by atoms with van der Waals surface area (Å²) < 4.78 is 6.45. The molecule has 3 N–H and O–H groups in total. The maximum absolute atomic E-state index is 13.9. The van der Waals surface area contributed by atoms with Gasteiger partial charge in [-0.25, -0.2) is 0 Å². The lowest BCUT2D eigenvalue weighted by Gasteiger charge is -2.33. The molecule has 2 heterocycles. The van der Waals surface area contributed by atoms with Crippen LogP contribution in [0.15, 0.2) is 90.0 Å². The highest BCUT2D eigenvalue weighted by molar-refractivity contribution is 6.58. The van der Waals surface area contributed by atoms with Gasteiger partial charge in [-0.2, -0.15) is 0 Å². The Morgan fingerprint density at radius 1 is 0.977 bits per heavy atom. The number of ether oxygens (including phenoxy) is 1. The van der Waals surface area contributed by atoms with Crippen LogP contribution in [0.5, 0.6) is 5.75 Å². The number of amides is 2. The lowest BCUT2D eigenvalue weighted by molar-refractivity contribution is -0.122. The highest BCUT2D eigenvalue weighted by atomic mass is 16.5. The smallest absolute Gasteiger partial charge is 0.488 e. The van der Waals surface area contributed by atoms with Crippen molar-refractivity contribution in [1.82, 2.24) is 0 Å². The number of carbonyl (C=O) groups excluding carboxylic acids is 2. The molecule has 0 unspecified atom stereocenters. The first kappa shape index (κ1) is 29.1. The fraction of sp³-hybridized carbons (Fsp3) is 0.314. The highest BCUT2D eigenvalue weighted by Gasteiger charge is 2.57. The van der Waals surface area contributed by atoms with Crippen LogP contribution < -0.4 is 10.4 Å². The standard InChI is InChI=1S/C35H36BNO6/c1-21(2)28-19-29-33(35(40)37(34(29)39)26-12-7-11-25(18-26)36(41)42)30-20-43-31(32(28)30)15-14-24(23-9-4-3-5-10-23)16-22-8-6-13-27(38)17-22/h3-13,16-18,21,29-31,33,38,41-42H,14-15,19-20H2,1-2H3/b24-16-/t29-,30+,31-,33-/m1/s1. The molecule has 2 fully saturated rings. The minimum atomic E-state index is -1.69. The number of phenols is 1. The van der Waals surface area contributed by atoms with Crippen LogP contribution in [0.3, 0.4) is 0 Å². The molecule has 0 spiro atoms. The molecule has 3 aromatic rings. The van der Waals surface area contributed by atoms with E-state index >= 15 is 0 Å². The van der Waals surface area contributed by atoms with Gasteiger partial charge in [-0.3, -0.25) is 14.5 Å². The molecule has 0 saturated carbocycles. The first-order valence-corrected chi connectivity index (χ1v) is 15.0. The minimum Gasteiger partial charge on any atom is -0.508 e. The van der Waals surface area contributed by atoms with Crippen LogP contribution in [0.1, 0.15) is 44.2 Å². The number of allylic oxidation sites excluding steroid dienone is 2. The SMILES string of the molecule is CC(C)C1=C2[C@@H](CC/C(=C/c3cccc(O)c3)c3ccccc3)OC[C@@H]2[C@@H]2C(=O)N(c3cccc(B(O)O)c3)C(=O)[C@@H]2C1. The molecule has 6 rings (SSSR count). The van der Waals surface area contributed by atoms with E-state index in [4.69, 9.17) is 4.74 Å². The van der Waals surface area contributed by atoms with E-state index in [9.17, 15) is 24.7 Å². The molecule has 43 heavy (non-hydrogen) atoms. The molecule has 1 aliphatic carbocycles. The summed E-state index contributed by atoms with van der Waals surface area (Å²) in [7, 11) is -1.69. The van der Waals surface area contributed by atoms with Crippen LogP contribution >= 0.6 is 0 Å². The Morgan fingerprint density at radius 3 is 2.47 bits per heavy atom. The second-order valence-electron chi connectivity index (χ2n) is 12.0. The molecule has 0 aromatic heterocycles. The van der Waals surface area contributed by atoms with Crippen molar-refractivity contribution in [2.45, 2.75) is 39.2 Å². The summed E-state index contributed by atoms with van der Waals surface area (Å²) in [6.45, 7) is 4.66. The van der Waals surface area contributed by atoms with Crippen molar-refractivity contribution >= 4 is 41.7 Å². The van der Waals surface area contributed by atoms with Gasteiger partial charge in [0.2, 0.25) is 11.8 Å². The van der Waals surface area contributed by atoms with Crippen LogP contribution in [-0.4, -0.2) is 46.8 Å². The quantitative estimate of drug-likeness (QED) is 0.157. The Kier molecular flexibility index (Phi) is 8.10. The monoisotopic (exact) mass is 577 g/mol. The third kappa shape index (κ3) is 5.58.